The molecule has 0 unspecified atom stereocenters. The van der Waals surface area contributed by atoms with E-state index in [4.69, 9.17) is 53.0 Å². The fraction of sp³-hybridized carbons (Fsp3) is 0.444. The molecule has 0 bridgehead atoms. The number of hydrogen-bond donors (Lipinski definition) is 5. The van der Waals surface area contributed by atoms with Crippen molar-refractivity contribution in [3.05, 3.63) is 75.8 Å². The van der Waals surface area contributed by atoms with Crippen molar-refractivity contribution in [1.29, 1.82) is 0 Å². The third kappa shape index (κ3) is 16.6. The Hall–Kier alpha value is -3.64. The van der Waals surface area contributed by atoms with Crippen LogP contribution in [0.5, 0.6) is 0 Å². The van der Waals surface area contributed by atoms with Gasteiger partial charge in [-0.15, -0.1) is 11.6 Å². The summed E-state index contributed by atoms with van der Waals surface area (Å²) in [5.41, 5.74) is 6.84. The number of nitrogens with zero attached hydrogens (tertiary/aromatic N) is 2. The Kier molecular flexibility index (Phi) is 19.0. The predicted octanol–water partition coefficient (Wildman–Crippen LogP) is 3.28. The quantitative estimate of drug-likeness (QED) is 0.0499. The zero-order valence-corrected chi connectivity index (χ0v) is 33.0. The first-order valence-corrected chi connectivity index (χ1v) is 20.7. The number of allylic oxidation sites excluding steroid dienone is 2. The highest BCUT2D eigenvalue weighted by atomic mass is 31.2. The molecule has 5 N–H and O–H groups in total. The van der Waals surface area contributed by atoms with Crippen LogP contribution in [0.25, 0.3) is 5.57 Å². The molecule has 1 aromatic heterocycles. The summed E-state index contributed by atoms with van der Waals surface area (Å²) in [5.74, 6) is 11.5. The Morgan fingerprint density at radius 1 is 0.727 bits per heavy atom. The fourth-order valence-corrected chi connectivity index (χ4v) is 6.03. The lowest BCUT2D eigenvalue weighted by Crippen LogP contribution is -2.26. The van der Waals surface area contributed by atoms with Crippen molar-refractivity contribution in [2.24, 2.45) is 4.99 Å². The molecule has 298 valence electrons. The fourth-order valence-electron chi connectivity index (χ4n) is 5.30. The average Bonchev–Trinajstić information content (AvgIpc) is 3.59. The molecule has 2 aromatic rings. The van der Waals surface area contributed by atoms with Gasteiger partial charge in [0.25, 0.3) is 0 Å². The van der Waals surface area contributed by atoms with Crippen molar-refractivity contribution in [1.82, 2.24) is 4.48 Å². The van der Waals surface area contributed by atoms with E-state index in [1.54, 1.807) is 24.3 Å². The van der Waals surface area contributed by atoms with E-state index in [-0.39, 0.29) is 71.6 Å². The van der Waals surface area contributed by atoms with Crippen LogP contribution in [0.1, 0.15) is 46.7 Å². The molecule has 0 spiro atoms. The Bertz CT molecular complexity index is 1870. The van der Waals surface area contributed by atoms with Gasteiger partial charge in [-0.05, 0) is 68.7 Å². The van der Waals surface area contributed by atoms with Gasteiger partial charge in [0.1, 0.15) is 25.9 Å². The van der Waals surface area contributed by atoms with Gasteiger partial charge in [-0.3, -0.25) is 14.1 Å². The number of aliphatic imine (C=N–C) groups is 1. The molecule has 0 saturated heterocycles. The number of carboxylic acids is 1. The van der Waals surface area contributed by atoms with E-state index in [1.165, 1.54) is 0 Å². The minimum atomic E-state index is -4.23. The molecule has 19 heteroatoms. The first kappa shape index (κ1) is 45.8. The molecule has 0 amide bonds. The SMILES string of the molecule is CC1=CC(C)=N/C1=C(/c1ccc(C(=O)O)cc1)c1c(C)cc(C)n1B(C#CCOCCOCCOCP(=O)(O)O)C#CCOCCOCCOCP(=O)(O)O. The maximum Gasteiger partial charge on any atom is 0.433 e. The molecular weight excluding hydrogens is 757 g/mol. The Morgan fingerprint density at radius 3 is 1.62 bits per heavy atom. The van der Waals surface area contributed by atoms with E-state index < -0.39 is 40.7 Å². The monoisotopic (exact) mass is 804 g/mol. The van der Waals surface area contributed by atoms with Crippen molar-refractivity contribution in [3.63, 3.8) is 0 Å². The molecule has 1 aliphatic heterocycles. The highest BCUT2D eigenvalue weighted by molar-refractivity contribution is 7.51. The van der Waals surface area contributed by atoms with E-state index >= 15 is 0 Å². The van der Waals surface area contributed by atoms with Crippen LogP contribution in [-0.2, 0) is 37.6 Å². The number of aromatic nitrogens is 1. The topological polar surface area (TPSA) is 225 Å². The second-order valence-corrected chi connectivity index (χ2v) is 15.3. The van der Waals surface area contributed by atoms with E-state index in [1.807, 2.05) is 44.3 Å². The minimum absolute atomic E-state index is 0.0266. The summed E-state index contributed by atoms with van der Waals surface area (Å²) in [6.45, 7) is 8.46. The summed E-state index contributed by atoms with van der Waals surface area (Å²) in [6.07, 6.45) is 0.644. The highest BCUT2D eigenvalue weighted by Gasteiger charge is 2.27. The summed E-state index contributed by atoms with van der Waals surface area (Å²) in [4.78, 5) is 51.9. The molecule has 0 aliphatic carbocycles. The largest absolute Gasteiger partial charge is 0.478 e. The first-order valence-electron chi connectivity index (χ1n) is 17.1. The van der Waals surface area contributed by atoms with Crippen molar-refractivity contribution in [2.75, 3.05) is 78.8 Å². The third-order valence-corrected chi connectivity index (χ3v) is 8.53. The Balaban J connectivity index is 1.82. The van der Waals surface area contributed by atoms with Crippen molar-refractivity contribution < 1.29 is 67.0 Å². The van der Waals surface area contributed by atoms with Crippen LogP contribution in [-0.4, -0.2) is 126 Å². The molecule has 2 heterocycles. The smallest absolute Gasteiger partial charge is 0.433 e. The zero-order chi connectivity index (χ0) is 40.4. The normalized spacial score (nSPS) is 13.7. The van der Waals surface area contributed by atoms with Gasteiger partial charge in [-0.25, -0.2) is 4.79 Å². The van der Waals surface area contributed by atoms with Crippen LogP contribution in [0, 0.1) is 37.3 Å². The molecular formula is C36H47BN2O14P2. The van der Waals surface area contributed by atoms with Crippen molar-refractivity contribution >= 4 is 39.3 Å². The predicted molar refractivity (Wildman–Crippen MR) is 206 cm³/mol. The number of aromatic carboxylic acids is 1. The maximum atomic E-state index is 11.7. The minimum Gasteiger partial charge on any atom is -0.478 e. The number of ether oxygens (including phenoxy) is 6. The molecule has 0 radical (unpaired) electrons. The number of benzene rings is 1. The van der Waals surface area contributed by atoms with Gasteiger partial charge in [0.05, 0.1) is 64.1 Å². The van der Waals surface area contributed by atoms with E-state index in [2.05, 4.69) is 23.5 Å². The summed E-state index contributed by atoms with van der Waals surface area (Å²) < 4.78 is 55.5. The number of carbonyl (C=O) groups is 1. The Labute approximate surface area is 320 Å². The first-order chi connectivity index (χ1) is 26.1. The Morgan fingerprint density at radius 2 is 1.18 bits per heavy atom. The molecule has 1 aromatic carbocycles. The van der Waals surface area contributed by atoms with Crippen LogP contribution in [0.3, 0.4) is 0 Å². The molecule has 1 aliphatic rings. The lowest BCUT2D eigenvalue weighted by atomic mass is 9.63. The lowest BCUT2D eigenvalue weighted by molar-refractivity contribution is 0.0267. The van der Waals surface area contributed by atoms with E-state index in [0.717, 1.165) is 45.1 Å². The van der Waals surface area contributed by atoms with Gasteiger partial charge in [0.15, 0.2) is 0 Å². The lowest BCUT2D eigenvalue weighted by Gasteiger charge is -2.19. The van der Waals surface area contributed by atoms with E-state index in [9.17, 15) is 19.0 Å². The van der Waals surface area contributed by atoms with Crippen molar-refractivity contribution in [3.8, 4) is 23.5 Å². The second kappa shape index (κ2) is 22.8. The van der Waals surface area contributed by atoms with Crippen LogP contribution in [0.2, 0.25) is 0 Å². The highest BCUT2D eigenvalue weighted by Crippen LogP contribution is 2.37. The second-order valence-electron chi connectivity index (χ2n) is 12.2. The number of carboxylic acid groups (broad SMARTS) is 1. The summed E-state index contributed by atoms with van der Waals surface area (Å²) in [6, 6.07) is 8.67. The maximum absolute atomic E-state index is 11.7. The molecule has 0 fully saturated rings. The van der Waals surface area contributed by atoms with Gasteiger partial charge >= 0.3 is 28.0 Å². The van der Waals surface area contributed by atoms with Crippen LogP contribution in [0.4, 0.5) is 0 Å². The van der Waals surface area contributed by atoms with E-state index in [0.29, 0.717) is 0 Å². The summed E-state index contributed by atoms with van der Waals surface area (Å²) in [5, 5.41) is 9.55. The van der Waals surface area contributed by atoms with Crippen LogP contribution >= 0.6 is 15.2 Å². The van der Waals surface area contributed by atoms with Gasteiger partial charge in [0.2, 0.25) is 0 Å². The van der Waals surface area contributed by atoms with Crippen LogP contribution < -0.4 is 0 Å². The van der Waals surface area contributed by atoms with Gasteiger partial charge in [-0.2, -0.15) is 0 Å². The number of rotatable bonds is 22. The molecule has 0 saturated carbocycles. The molecule has 55 heavy (non-hydrogen) atoms. The number of hydrogen-bond acceptors (Lipinski definition) is 10. The molecule has 3 rings (SSSR count). The van der Waals surface area contributed by atoms with Gasteiger partial charge in [0, 0.05) is 22.7 Å². The third-order valence-electron chi connectivity index (χ3n) is 7.49. The molecule has 16 nitrogen and oxygen atoms in total. The standard InChI is InChI=1S/C36H47BN2O14P2/c1-27-23-29(3)38-34(27)33(31-7-9-32(10-8-31)36(40)41)35-28(2)24-30(4)39(35)37(11-5-13-48-15-17-50-19-21-52-25-54(42,43)44)12-6-14-49-16-18-51-20-22-53-26-55(45,46)47/h7-10,23-24H,13-22,25-26H2,1-4H3,(H,40,41)(H2,42,43,44)(H2,45,46,47)/b34-33-. The number of aryl methyl sites for hydroxylation is 2. The zero-order valence-electron chi connectivity index (χ0n) is 31.2. The summed E-state index contributed by atoms with van der Waals surface area (Å²) >= 11 is 0. The van der Waals surface area contributed by atoms with Gasteiger partial charge < -0.3 is 57.6 Å². The van der Waals surface area contributed by atoms with Crippen molar-refractivity contribution in [2.45, 2.75) is 27.7 Å². The van der Waals surface area contributed by atoms with Crippen LogP contribution in [0.15, 0.2) is 52.7 Å². The molecule has 0 atom stereocenters. The average molecular weight is 805 g/mol. The summed E-state index contributed by atoms with van der Waals surface area (Å²) in [7, 11) is -8.46. The van der Waals surface area contributed by atoms with Gasteiger partial charge in [-0.1, -0.05) is 24.0 Å².